The highest BCUT2D eigenvalue weighted by molar-refractivity contribution is 7.89. The molecule has 1 aliphatic heterocycles. The fraction of sp³-hybridized carbons (Fsp3) is 0.304. The van der Waals surface area contributed by atoms with E-state index in [4.69, 9.17) is 9.47 Å². The number of hydrogen-bond donors (Lipinski definition) is 2. The maximum absolute atomic E-state index is 13.3. The first-order valence-corrected chi connectivity index (χ1v) is 11.9. The molecule has 0 unspecified atom stereocenters. The van der Waals surface area contributed by atoms with Gasteiger partial charge in [-0.3, -0.25) is 9.59 Å². The number of nitrogens with one attached hydrogen (secondary N) is 2. The normalized spacial score (nSPS) is 17.0. The zero-order chi connectivity index (χ0) is 23.6. The van der Waals surface area contributed by atoms with Crippen molar-refractivity contribution in [2.45, 2.75) is 17.7 Å². The van der Waals surface area contributed by atoms with Crippen molar-refractivity contribution in [2.75, 3.05) is 32.6 Å². The fourth-order valence-electron chi connectivity index (χ4n) is 3.97. The van der Waals surface area contributed by atoms with Crippen LogP contribution in [0, 0.1) is 5.92 Å². The van der Waals surface area contributed by atoms with Gasteiger partial charge in [0.1, 0.15) is 0 Å². The number of carbonyl (C=O) groups is 1. The second-order valence-corrected chi connectivity index (χ2v) is 9.77. The Kier molecular flexibility index (Phi) is 6.39. The lowest BCUT2D eigenvalue weighted by Crippen LogP contribution is -2.43. The molecule has 9 nitrogen and oxygen atoms in total. The van der Waals surface area contributed by atoms with Gasteiger partial charge in [0.25, 0.3) is 0 Å². The minimum atomic E-state index is -3.80. The van der Waals surface area contributed by atoms with Gasteiger partial charge in [0.15, 0.2) is 11.5 Å². The molecule has 1 fully saturated rings. The van der Waals surface area contributed by atoms with Crippen molar-refractivity contribution in [3.8, 4) is 11.5 Å². The van der Waals surface area contributed by atoms with Crippen LogP contribution in [0.2, 0.25) is 0 Å². The van der Waals surface area contributed by atoms with Crippen LogP contribution in [0.15, 0.2) is 58.2 Å². The highest BCUT2D eigenvalue weighted by Crippen LogP contribution is 2.31. The van der Waals surface area contributed by atoms with E-state index >= 15 is 0 Å². The number of fused-ring (bicyclic) bond motifs is 1. The van der Waals surface area contributed by atoms with Gasteiger partial charge in [0, 0.05) is 36.4 Å². The number of piperidine rings is 1. The monoisotopic (exact) mass is 471 g/mol. The number of anilines is 1. The van der Waals surface area contributed by atoms with E-state index < -0.39 is 15.9 Å². The molecule has 174 valence electrons. The number of nitrogens with zero attached hydrogens (tertiary/aromatic N) is 1. The number of methoxy groups -OCH3 is 2. The van der Waals surface area contributed by atoms with Gasteiger partial charge in [0.05, 0.1) is 25.0 Å². The summed E-state index contributed by atoms with van der Waals surface area (Å²) in [7, 11) is -0.756. The van der Waals surface area contributed by atoms with Crippen molar-refractivity contribution in [1.82, 2.24) is 9.29 Å². The van der Waals surface area contributed by atoms with Gasteiger partial charge < -0.3 is 19.8 Å². The molecule has 2 aromatic carbocycles. The molecule has 33 heavy (non-hydrogen) atoms. The lowest BCUT2D eigenvalue weighted by molar-refractivity contribution is -0.120. The molecule has 1 amide bonds. The number of pyridine rings is 1. The molecular formula is C23H25N3O6S. The van der Waals surface area contributed by atoms with Crippen LogP contribution in [0.25, 0.3) is 10.9 Å². The second-order valence-electron chi connectivity index (χ2n) is 7.83. The van der Waals surface area contributed by atoms with E-state index in [2.05, 4.69) is 10.3 Å². The molecule has 1 atom stereocenters. The first-order chi connectivity index (χ1) is 15.8. The zero-order valence-corrected chi connectivity index (χ0v) is 19.1. The number of sulfonamides is 1. The van der Waals surface area contributed by atoms with Crippen LogP contribution >= 0.6 is 0 Å². The lowest BCUT2D eigenvalue weighted by atomic mass is 9.98. The number of carbonyl (C=O) groups excluding carboxylic acids is 1. The Morgan fingerprint density at radius 2 is 1.85 bits per heavy atom. The molecule has 1 aromatic heterocycles. The van der Waals surface area contributed by atoms with E-state index in [0.29, 0.717) is 47.5 Å². The topological polar surface area (TPSA) is 118 Å². The van der Waals surface area contributed by atoms with Crippen molar-refractivity contribution in [3.63, 3.8) is 0 Å². The van der Waals surface area contributed by atoms with E-state index in [1.165, 1.54) is 36.7 Å². The predicted molar refractivity (Wildman–Crippen MR) is 124 cm³/mol. The second kappa shape index (κ2) is 9.24. The predicted octanol–water partition coefficient (Wildman–Crippen LogP) is 2.58. The molecule has 2 N–H and O–H groups in total. The summed E-state index contributed by atoms with van der Waals surface area (Å²) in [6.45, 7) is 0.428. The number of aromatic amines is 1. The molecule has 2 heterocycles. The quantitative estimate of drug-likeness (QED) is 0.571. The Morgan fingerprint density at radius 1 is 1.06 bits per heavy atom. The van der Waals surface area contributed by atoms with Crippen LogP contribution in [0.1, 0.15) is 12.8 Å². The van der Waals surface area contributed by atoms with Gasteiger partial charge in [-0.1, -0.05) is 0 Å². The van der Waals surface area contributed by atoms with E-state index in [9.17, 15) is 18.0 Å². The SMILES string of the molecule is COc1ccc(NC(=O)[C@@H]2CCCN(S(=O)(=O)c3ccc4[nH]c(=O)ccc4c3)C2)cc1OC. The summed E-state index contributed by atoms with van der Waals surface area (Å²) in [5.41, 5.74) is 0.853. The highest BCUT2D eigenvalue weighted by atomic mass is 32.2. The molecule has 0 aliphatic carbocycles. The number of rotatable bonds is 6. The third-order valence-electron chi connectivity index (χ3n) is 5.74. The van der Waals surface area contributed by atoms with Crippen molar-refractivity contribution in [3.05, 3.63) is 58.9 Å². The molecular weight excluding hydrogens is 446 g/mol. The summed E-state index contributed by atoms with van der Waals surface area (Å²) in [5, 5.41) is 3.47. The van der Waals surface area contributed by atoms with Crippen LogP contribution in [-0.2, 0) is 14.8 Å². The van der Waals surface area contributed by atoms with Crippen LogP contribution < -0.4 is 20.3 Å². The molecule has 0 saturated carbocycles. The Bertz CT molecular complexity index is 1350. The summed E-state index contributed by atoms with van der Waals surface area (Å²) in [5.74, 6) is 0.294. The molecule has 0 spiro atoms. The molecule has 0 bridgehead atoms. The Labute approximate surface area is 191 Å². The lowest BCUT2D eigenvalue weighted by Gasteiger charge is -2.31. The van der Waals surface area contributed by atoms with E-state index in [0.717, 1.165) is 0 Å². The molecule has 1 saturated heterocycles. The molecule has 1 aliphatic rings. The average molecular weight is 472 g/mol. The summed E-state index contributed by atoms with van der Waals surface area (Å²) in [4.78, 5) is 27.2. The van der Waals surface area contributed by atoms with Crippen molar-refractivity contribution >= 4 is 32.5 Å². The first kappa shape index (κ1) is 22.8. The van der Waals surface area contributed by atoms with Crippen LogP contribution in [0.3, 0.4) is 0 Å². The van der Waals surface area contributed by atoms with Gasteiger partial charge >= 0.3 is 0 Å². The maximum atomic E-state index is 13.3. The van der Waals surface area contributed by atoms with Gasteiger partial charge in [-0.05, 0) is 54.6 Å². The Hall–Kier alpha value is -3.37. The van der Waals surface area contributed by atoms with Crippen LogP contribution in [0.4, 0.5) is 5.69 Å². The molecule has 3 aromatic rings. The first-order valence-electron chi connectivity index (χ1n) is 10.5. The Balaban J connectivity index is 1.51. The fourth-order valence-corrected chi connectivity index (χ4v) is 5.53. The highest BCUT2D eigenvalue weighted by Gasteiger charge is 2.33. The van der Waals surface area contributed by atoms with Gasteiger partial charge in [-0.15, -0.1) is 0 Å². The summed E-state index contributed by atoms with van der Waals surface area (Å²) < 4.78 is 38.4. The molecule has 10 heteroatoms. The Morgan fingerprint density at radius 3 is 2.61 bits per heavy atom. The number of aromatic nitrogens is 1. The van der Waals surface area contributed by atoms with Gasteiger partial charge in [0.2, 0.25) is 21.5 Å². The molecule has 0 radical (unpaired) electrons. The van der Waals surface area contributed by atoms with Crippen molar-refractivity contribution < 1.29 is 22.7 Å². The minimum Gasteiger partial charge on any atom is -0.493 e. The van der Waals surface area contributed by atoms with Crippen molar-refractivity contribution in [2.24, 2.45) is 5.92 Å². The average Bonchev–Trinajstić information content (AvgIpc) is 2.83. The van der Waals surface area contributed by atoms with E-state index in [1.54, 1.807) is 30.3 Å². The maximum Gasteiger partial charge on any atom is 0.248 e. The van der Waals surface area contributed by atoms with Crippen LogP contribution in [-0.4, -0.2) is 50.9 Å². The zero-order valence-electron chi connectivity index (χ0n) is 18.3. The third kappa shape index (κ3) is 4.71. The summed E-state index contributed by atoms with van der Waals surface area (Å²) in [6.07, 6.45) is 1.16. The standard InChI is InChI=1S/C23H25N3O6S/c1-31-20-9-6-17(13-21(20)32-2)24-23(28)16-4-3-11-26(14-16)33(29,30)18-7-8-19-15(12-18)5-10-22(27)25-19/h5-10,12-13,16H,3-4,11,14H2,1-2H3,(H,24,28)(H,25,27)/t16-/m1/s1. The van der Waals surface area contributed by atoms with E-state index in [1.807, 2.05) is 0 Å². The molecule has 4 rings (SSSR count). The number of ether oxygens (including phenoxy) is 2. The van der Waals surface area contributed by atoms with Gasteiger partial charge in [-0.25, -0.2) is 8.42 Å². The number of amides is 1. The number of hydrogen-bond acceptors (Lipinski definition) is 6. The smallest absolute Gasteiger partial charge is 0.248 e. The third-order valence-corrected chi connectivity index (χ3v) is 7.60. The minimum absolute atomic E-state index is 0.0884. The number of benzene rings is 2. The number of H-pyrrole nitrogens is 1. The van der Waals surface area contributed by atoms with Crippen LogP contribution in [0.5, 0.6) is 11.5 Å². The summed E-state index contributed by atoms with van der Waals surface area (Å²) >= 11 is 0. The van der Waals surface area contributed by atoms with Crippen molar-refractivity contribution in [1.29, 1.82) is 0 Å². The summed E-state index contributed by atoms with van der Waals surface area (Å²) in [6, 6.07) is 12.6. The largest absolute Gasteiger partial charge is 0.493 e. The van der Waals surface area contributed by atoms with Gasteiger partial charge in [-0.2, -0.15) is 4.31 Å². The van der Waals surface area contributed by atoms with E-state index in [-0.39, 0.29) is 22.9 Å².